The third-order valence-electron chi connectivity index (χ3n) is 8.22. The minimum Gasteiger partial charge on any atom is -0.463 e. The van der Waals surface area contributed by atoms with E-state index in [1.165, 1.54) is 0 Å². The number of rotatable bonds is 16. The molecule has 28 heteroatoms. The van der Waals surface area contributed by atoms with Gasteiger partial charge in [-0.05, 0) is 28.5 Å². The van der Waals surface area contributed by atoms with Crippen LogP contribution in [0.15, 0.2) is 20.5 Å². The summed E-state index contributed by atoms with van der Waals surface area (Å²) < 4.78 is 56.9. The van der Waals surface area contributed by atoms with Gasteiger partial charge in [0.15, 0.2) is 30.9 Å². The van der Waals surface area contributed by atoms with E-state index in [9.17, 15) is 45.4 Å². The Morgan fingerprint density at radius 1 is 0.526 bits per heavy atom. The second kappa shape index (κ2) is 21.3. The van der Waals surface area contributed by atoms with Gasteiger partial charge in [0.1, 0.15) is 49.3 Å². The standard InChI is InChI=1S/C29H38N12O16/c1-10(42)48-9-19-24(56-28-20(37-41-33)25(52-14(5)46)23(51-13(4)45)18(54-28)8-34-38-30)27(53-15(6)47)29(55-19)57-26-21(49-11(2)43)16(35-39-31)7-17(36-40-32)22(26)50-12(3)44/h16-29H,7-9H2,1-6H3/t16-,17+,18-,19+,20+,21+,22-,23+,24+,25+,26?,27+,28+,29-/m0/s1. The van der Waals surface area contributed by atoms with Crippen LogP contribution in [0.2, 0.25) is 0 Å². The molecule has 0 spiro atoms. The highest BCUT2D eigenvalue weighted by molar-refractivity contribution is 5.68. The Morgan fingerprint density at radius 2 is 0.982 bits per heavy atom. The predicted molar refractivity (Wildman–Crippen MR) is 179 cm³/mol. The Labute approximate surface area is 321 Å². The molecule has 0 radical (unpaired) electrons. The van der Waals surface area contributed by atoms with E-state index >= 15 is 0 Å². The van der Waals surface area contributed by atoms with Crippen molar-refractivity contribution in [3.63, 3.8) is 0 Å². The SMILES string of the molecule is CC(=O)OC[C@H]1O[C@@H](OC2[C@@H](OC(C)=O)[C@H](N=[N+]=[N-])C[C@H](N=[N+]=[N-])[C@H]2OC(C)=O)[C@H](OC(C)=O)[C@@H]1O[C@H]1O[C@@H](CN=[N+]=[N-])[C@@H](OC(C)=O)[C@H](OC(C)=O)[C@H]1N=[N+]=[N-]. The molecule has 3 fully saturated rings. The van der Waals surface area contributed by atoms with Crippen molar-refractivity contribution >= 4 is 35.8 Å². The van der Waals surface area contributed by atoms with E-state index in [1.54, 1.807) is 0 Å². The van der Waals surface area contributed by atoms with Crippen LogP contribution in [0.4, 0.5) is 0 Å². The van der Waals surface area contributed by atoms with Gasteiger partial charge in [-0.1, -0.05) is 20.5 Å². The predicted octanol–water partition coefficient (Wildman–Crippen LogP) is 2.18. The first-order chi connectivity index (χ1) is 27.0. The Hall–Kier alpha value is -6.10. The summed E-state index contributed by atoms with van der Waals surface area (Å²) in [5.41, 5.74) is 37.2. The van der Waals surface area contributed by atoms with Gasteiger partial charge in [0.25, 0.3) is 0 Å². The number of esters is 6. The maximum atomic E-state index is 12.6. The lowest BCUT2D eigenvalue weighted by molar-refractivity contribution is -0.286. The molecule has 2 saturated heterocycles. The van der Waals surface area contributed by atoms with Crippen LogP contribution < -0.4 is 0 Å². The smallest absolute Gasteiger partial charge is 0.303 e. The zero-order valence-corrected chi connectivity index (χ0v) is 31.1. The van der Waals surface area contributed by atoms with Crippen LogP contribution in [-0.2, 0) is 76.1 Å². The van der Waals surface area contributed by atoms with Gasteiger partial charge in [0, 0.05) is 61.2 Å². The van der Waals surface area contributed by atoms with Crippen molar-refractivity contribution in [1.82, 2.24) is 0 Å². The van der Waals surface area contributed by atoms with Crippen molar-refractivity contribution < 1.29 is 76.1 Å². The minimum atomic E-state index is -1.84. The van der Waals surface area contributed by atoms with Crippen LogP contribution in [0, 0.1) is 0 Å². The first-order valence-corrected chi connectivity index (χ1v) is 16.8. The molecule has 0 N–H and O–H groups in total. The molecular formula is C29H38N12O16. The van der Waals surface area contributed by atoms with Gasteiger partial charge >= 0.3 is 35.8 Å². The van der Waals surface area contributed by atoms with Crippen LogP contribution >= 0.6 is 0 Å². The fraction of sp³-hybridized carbons (Fsp3) is 0.793. The van der Waals surface area contributed by atoms with Crippen LogP contribution in [0.25, 0.3) is 41.8 Å². The number of nitrogens with zero attached hydrogens (tertiary/aromatic N) is 12. The van der Waals surface area contributed by atoms with Crippen LogP contribution in [-0.4, -0.2) is 135 Å². The van der Waals surface area contributed by atoms with E-state index in [2.05, 4.69) is 40.1 Å². The monoisotopic (exact) mass is 810 g/mol. The Balaban J connectivity index is 2.20. The van der Waals surface area contributed by atoms with E-state index in [0.717, 1.165) is 41.5 Å². The highest BCUT2D eigenvalue weighted by Gasteiger charge is 2.58. The van der Waals surface area contributed by atoms with E-state index < -0.39 is 135 Å². The van der Waals surface area contributed by atoms with Gasteiger partial charge < -0.3 is 47.4 Å². The number of hydrogen-bond donors (Lipinski definition) is 0. The molecule has 0 bridgehead atoms. The zero-order valence-electron chi connectivity index (χ0n) is 31.1. The Kier molecular flexibility index (Phi) is 16.9. The molecule has 57 heavy (non-hydrogen) atoms. The molecule has 0 aromatic heterocycles. The van der Waals surface area contributed by atoms with Gasteiger partial charge in [-0.25, -0.2) is 0 Å². The van der Waals surface area contributed by atoms with Crippen LogP contribution in [0.1, 0.15) is 48.0 Å². The highest BCUT2D eigenvalue weighted by Crippen LogP contribution is 2.39. The van der Waals surface area contributed by atoms with E-state index in [1.807, 2.05) is 0 Å². The average molecular weight is 811 g/mol. The van der Waals surface area contributed by atoms with Gasteiger partial charge in [0.05, 0.1) is 18.6 Å². The molecule has 310 valence electrons. The molecule has 2 heterocycles. The van der Waals surface area contributed by atoms with Crippen LogP contribution in [0.5, 0.6) is 0 Å². The summed E-state index contributed by atoms with van der Waals surface area (Å²) in [6, 6.07) is -4.27. The van der Waals surface area contributed by atoms with E-state index in [0.29, 0.717) is 0 Å². The second-order valence-corrected chi connectivity index (χ2v) is 12.3. The molecule has 2 aliphatic heterocycles. The van der Waals surface area contributed by atoms with Crippen molar-refractivity contribution in [3.05, 3.63) is 41.8 Å². The van der Waals surface area contributed by atoms with Gasteiger partial charge in [-0.2, -0.15) is 0 Å². The zero-order chi connectivity index (χ0) is 42.4. The summed E-state index contributed by atoms with van der Waals surface area (Å²) in [7, 11) is 0. The summed E-state index contributed by atoms with van der Waals surface area (Å²) in [6.07, 6.45) is -18.2. The lowest BCUT2D eigenvalue weighted by Gasteiger charge is -2.44. The molecule has 0 amide bonds. The second-order valence-electron chi connectivity index (χ2n) is 12.3. The third kappa shape index (κ3) is 12.4. The van der Waals surface area contributed by atoms with Crippen molar-refractivity contribution in [2.75, 3.05) is 13.2 Å². The summed E-state index contributed by atoms with van der Waals surface area (Å²) in [4.78, 5) is 84.6. The number of hydrogen-bond acceptors (Lipinski definition) is 20. The van der Waals surface area contributed by atoms with Crippen molar-refractivity contribution in [2.24, 2.45) is 20.5 Å². The fourth-order valence-electron chi connectivity index (χ4n) is 6.36. The van der Waals surface area contributed by atoms with Crippen molar-refractivity contribution in [3.8, 4) is 0 Å². The molecular weight excluding hydrogens is 772 g/mol. The number of carbonyl (C=O) groups excluding carboxylic acids is 6. The molecule has 28 nitrogen and oxygen atoms in total. The lowest BCUT2D eigenvalue weighted by atomic mass is 9.84. The summed E-state index contributed by atoms with van der Waals surface area (Å²) in [5, 5.41) is 14.4. The molecule has 1 unspecified atom stereocenters. The first kappa shape index (κ1) is 45.3. The topological polar surface area (TPSA) is 390 Å². The van der Waals surface area contributed by atoms with Gasteiger partial charge in [-0.15, -0.1) is 0 Å². The molecule has 0 aromatic rings. The molecule has 3 aliphatic rings. The van der Waals surface area contributed by atoms with Crippen molar-refractivity contribution in [1.29, 1.82) is 0 Å². The Morgan fingerprint density at radius 3 is 1.46 bits per heavy atom. The van der Waals surface area contributed by atoms with Gasteiger partial charge in [-0.3, -0.25) is 28.8 Å². The fourth-order valence-corrected chi connectivity index (χ4v) is 6.36. The molecule has 14 atom stereocenters. The number of azide groups is 4. The summed E-state index contributed by atoms with van der Waals surface area (Å²) >= 11 is 0. The summed E-state index contributed by atoms with van der Waals surface area (Å²) in [6.45, 7) is 4.91. The van der Waals surface area contributed by atoms with Crippen molar-refractivity contribution in [2.45, 2.75) is 134 Å². The average Bonchev–Trinajstić information content (AvgIpc) is 3.42. The Bertz CT molecular complexity index is 1680. The summed E-state index contributed by atoms with van der Waals surface area (Å²) in [5.74, 6) is -5.42. The normalized spacial score (nSPS) is 32.9. The van der Waals surface area contributed by atoms with Gasteiger partial charge in [0.2, 0.25) is 0 Å². The molecule has 3 rings (SSSR count). The first-order valence-electron chi connectivity index (χ1n) is 16.8. The quantitative estimate of drug-likeness (QED) is 0.0708. The van der Waals surface area contributed by atoms with Crippen LogP contribution in [0.3, 0.4) is 0 Å². The maximum absolute atomic E-state index is 12.6. The molecule has 1 aliphatic carbocycles. The third-order valence-corrected chi connectivity index (χ3v) is 8.22. The number of ether oxygens (including phenoxy) is 10. The maximum Gasteiger partial charge on any atom is 0.303 e. The minimum absolute atomic E-state index is 0.293. The lowest BCUT2D eigenvalue weighted by Crippen LogP contribution is -2.62. The van der Waals surface area contributed by atoms with E-state index in [-0.39, 0.29) is 6.42 Å². The molecule has 1 saturated carbocycles. The molecule has 0 aromatic carbocycles. The van der Waals surface area contributed by atoms with E-state index in [4.69, 9.17) is 52.9 Å². The largest absolute Gasteiger partial charge is 0.463 e. The highest BCUT2D eigenvalue weighted by atomic mass is 16.8. The number of carbonyl (C=O) groups is 6.